The van der Waals surface area contributed by atoms with Gasteiger partial charge in [-0.25, -0.2) is 0 Å². The normalized spacial score (nSPS) is 10.6. The first-order chi connectivity index (χ1) is 14.4. The Balaban J connectivity index is 1.96. The number of methoxy groups -OCH3 is 1. The van der Waals surface area contributed by atoms with Gasteiger partial charge in [-0.05, 0) is 48.2 Å². The first-order valence-electron chi connectivity index (χ1n) is 10.4. The molecule has 0 saturated heterocycles. The number of hydrogen-bond acceptors (Lipinski definition) is 4. The van der Waals surface area contributed by atoms with Crippen LogP contribution in [0, 0.1) is 5.92 Å². The van der Waals surface area contributed by atoms with Gasteiger partial charge in [0, 0.05) is 24.2 Å². The molecule has 0 spiro atoms. The van der Waals surface area contributed by atoms with Crippen molar-refractivity contribution in [2.75, 3.05) is 19.0 Å². The van der Waals surface area contributed by atoms with Crippen LogP contribution in [0.5, 0.6) is 11.5 Å². The van der Waals surface area contributed by atoms with Crippen LogP contribution in [0.2, 0.25) is 0 Å². The maximum atomic E-state index is 12.6. The number of carbonyl (C=O) groups is 2. The van der Waals surface area contributed by atoms with Crippen LogP contribution in [-0.4, -0.2) is 25.5 Å². The van der Waals surface area contributed by atoms with Gasteiger partial charge in [-0.15, -0.1) is 0 Å². The van der Waals surface area contributed by atoms with Gasteiger partial charge in [0.1, 0.15) is 0 Å². The average molecular weight is 413 g/mol. The average Bonchev–Trinajstić information content (AvgIpc) is 2.72. The maximum Gasteiger partial charge on any atom is 0.251 e. The zero-order valence-corrected chi connectivity index (χ0v) is 18.3. The fourth-order valence-electron chi connectivity index (χ4n) is 2.88. The van der Waals surface area contributed by atoms with E-state index in [2.05, 4.69) is 17.6 Å². The molecule has 0 aliphatic rings. The third-order valence-electron chi connectivity index (χ3n) is 4.44. The van der Waals surface area contributed by atoms with Gasteiger partial charge in [0.15, 0.2) is 11.5 Å². The van der Waals surface area contributed by atoms with E-state index in [-0.39, 0.29) is 11.8 Å². The van der Waals surface area contributed by atoms with Crippen LogP contribution in [0.25, 0.3) is 0 Å². The van der Waals surface area contributed by atoms with E-state index in [1.54, 1.807) is 25.3 Å². The van der Waals surface area contributed by atoms with Gasteiger partial charge < -0.3 is 20.1 Å². The summed E-state index contributed by atoms with van der Waals surface area (Å²) in [4.78, 5) is 24.5. The van der Waals surface area contributed by atoms with Crippen molar-refractivity contribution >= 4 is 17.5 Å². The van der Waals surface area contributed by atoms with Crippen molar-refractivity contribution in [1.82, 2.24) is 5.32 Å². The Kier molecular flexibility index (Phi) is 9.19. The lowest BCUT2D eigenvalue weighted by Crippen LogP contribution is -2.23. The van der Waals surface area contributed by atoms with Crippen LogP contribution in [0.15, 0.2) is 42.5 Å². The standard InChI is InChI=1S/C24H32N2O4/c1-5-6-12-30-21-11-10-19(15-22(21)29-4)24(28)25-16-18-8-7-9-20(14-18)26-23(27)13-17(2)3/h7-11,14-15,17H,5-6,12-13,16H2,1-4H3,(H,25,28)(H,26,27). The van der Waals surface area contributed by atoms with Crippen molar-refractivity contribution in [3.8, 4) is 11.5 Å². The summed E-state index contributed by atoms with van der Waals surface area (Å²) in [5.74, 6) is 1.25. The molecule has 0 fully saturated rings. The van der Waals surface area contributed by atoms with Crippen molar-refractivity contribution in [2.45, 2.75) is 46.6 Å². The third-order valence-corrected chi connectivity index (χ3v) is 4.44. The van der Waals surface area contributed by atoms with E-state index >= 15 is 0 Å². The zero-order chi connectivity index (χ0) is 21.9. The minimum absolute atomic E-state index is 0.0143. The minimum atomic E-state index is -0.206. The van der Waals surface area contributed by atoms with Gasteiger partial charge in [-0.3, -0.25) is 9.59 Å². The molecule has 30 heavy (non-hydrogen) atoms. The predicted octanol–water partition coefficient (Wildman–Crippen LogP) is 4.79. The summed E-state index contributed by atoms with van der Waals surface area (Å²) in [6.07, 6.45) is 2.48. The Bertz CT molecular complexity index is 849. The molecular weight excluding hydrogens is 380 g/mol. The Hall–Kier alpha value is -3.02. The molecule has 2 aromatic carbocycles. The molecule has 0 heterocycles. The highest BCUT2D eigenvalue weighted by atomic mass is 16.5. The van der Waals surface area contributed by atoms with Gasteiger partial charge in [-0.1, -0.05) is 39.3 Å². The zero-order valence-electron chi connectivity index (χ0n) is 18.3. The second-order valence-corrected chi connectivity index (χ2v) is 7.60. The van der Waals surface area contributed by atoms with Crippen LogP contribution in [0.3, 0.4) is 0 Å². The molecule has 0 radical (unpaired) electrons. The van der Waals surface area contributed by atoms with Crippen LogP contribution >= 0.6 is 0 Å². The minimum Gasteiger partial charge on any atom is -0.493 e. The number of unbranched alkanes of at least 4 members (excludes halogenated alkanes) is 1. The first-order valence-corrected chi connectivity index (χ1v) is 10.4. The summed E-state index contributed by atoms with van der Waals surface area (Å²) in [6.45, 7) is 7.07. The topological polar surface area (TPSA) is 76.7 Å². The van der Waals surface area contributed by atoms with E-state index in [9.17, 15) is 9.59 Å². The van der Waals surface area contributed by atoms with Gasteiger partial charge in [0.2, 0.25) is 5.91 Å². The molecule has 2 rings (SSSR count). The monoisotopic (exact) mass is 412 g/mol. The fourth-order valence-corrected chi connectivity index (χ4v) is 2.88. The summed E-state index contributed by atoms with van der Waals surface area (Å²) in [5, 5.41) is 5.80. The Morgan fingerprint density at radius 3 is 2.57 bits per heavy atom. The highest BCUT2D eigenvalue weighted by molar-refractivity contribution is 5.95. The van der Waals surface area contributed by atoms with Crippen LogP contribution in [-0.2, 0) is 11.3 Å². The van der Waals surface area contributed by atoms with E-state index in [4.69, 9.17) is 9.47 Å². The number of rotatable bonds is 11. The predicted molar refractivity (Wildman–Crippen MR) is 119 cm³/mol. The maximum absolute atomic E-state index is 12.6. The SMILES string of the molecule is CCCCOc1ccc(C(=O)NCc2cccc(NC(=O)CC(C)C)c2)cc1OC. The van der Waals surface area contributed by atoms with Crippen molar-refractivity contribution in [1.29, 1.82) is 0 Å². The van der Waals surface area contributed by atoms with E-state index < -0.39 is 0 Å². The molecule has 0 aromatic heterocycles. The van der Waals surface area contributed by atoms with Crippen LogP contribution < -0.4 is 20.1 Å². The van der Waals surface area contributed by atoms with Gasteiger partial charge in [0.25, 0.3) is 5.91 Å². The molecule has 6 nitrogen and oxygen atoms in total. The summed E-state index contributed by atoms with van der Waals surface area (Å²) in [5.41, 5.74) is 2.12. The molecule has 2 amide bonds. The number of amides is 2. The lowest BCUT2D eigenvalue weighted by atomic mass is 10.1. The molecule has 6 heteroatoms. The lowest BCUT2D eigenvalue weighted by molar-refractivity contribution is -0.116. The Morgan fingerprint density at radius 1 is 1.07 bits per heavy atom. The second kappa shape index (κ2) is 11.9. The summed E-state index contributed by atoms with van der Waals surface area (Å²) >= 11 is 0. The first kappa shape index (κ1) is 23.3. The quantitative estimate of drug-likeness (QED) is 0.520. The molecule has 0 atom stereocenters. The molecule has 0 saturated carbocycles. The number of benzene rings is 2. The highest BCUT2D eigenvalue weighted by Crippen LogP contribution is 2.28. The van der Waals surface area contributed by atoms with Gasteiger partial charge in [0.05, 0.1) is 13.7 Å². The van der Waals surface area contributed by atoms with Crippen molar-refractivity contribution in [3.05, 3.63) is 53.6 Å². The highest BCUT2D eigenvalue weighted by Gasteiger charge is 2.12. The molecule has 0 aliphatic heterocycles. The Labute approximate surface area is 179 Å². The van der Waals surface area contributed by atoms with E-state index in [0.717, 1.165) is 24.1 Å². The summed E-state index contributed by atoms with van der Waals surface area (Å²) < 4.78 is 11.1. The Morgan fingerprint density at radius 2 is 1.87 bits per heavy atom. The second-order valence-electron chi connectivity index (χ2n) is 7.60. The van der Waals surface area contributed by atoms with E-state index in [0.29, 0.717) is 42.6 Å². The van der Waals surface area contributed by atoms with E-state index in [1.165, 1.54) is 0 Å². The van der Waals surface area contributed by atoms with Crippen LogP contribution in [0.4, 0.5) is 5.69 Å². The summed E-state index contributed by atoms with van der Waals surface area (Å²) in [6, 6.07) is 12.6. The van der Waals surface area contributed by atoms with Gasteiger partial charge >= 0.3 is 0 Å². The molecular formula is C24H32N2O4. The van der Waals surface area contributed by atoms with Crippen molar-refractivity contribution < 1.29 is 19.1 Å². The number of anilines is 1. The molecule has 0 aliphatic carbocycles. The largest absolute Gasteiger partial charge is 0.493 e. The summed E-state index contributed by atoms with van der Waals surface area (Å²) in [7, 11) is 1.56. The molecule has 162 valence electrons. The number of nitrogens with one attached hydrogen (secondary N) is 2. The van der Waals surface area contributed by atoms with Gasteiger partial charge in [-0.2, -0.15) is 0 Å². The smallest absolute Gasteiger partial charge is 0.251 e. The van der Waals surface area contributed by atoms with E-state index in [1.807, 2.05) is 38.1 Å². The number of hydrogen-bond donors (Lipinski definition) is 2. The third kappa shape index (κ3) is 7.43. The van der Waals surface area contributed by atoms with Crippen molar-refractivity contribution in [2.24, 2.45) is 5.92 Å². The number of ether oxygens (including phenoxy) is 2. The molecule has 0 bridgehead atoms. The lowest BCUT2D eigenvalue weighted by Gasteiger charge is -2.12. The molecule has 2 aromatic rings. The molecule has 2 N–H and O–H groups in total. The molecule has 0 unspecified atom stereocenters. The van der Waals surface area contributed by atoms with Crippen LogP contribution in [0.1, 0.15) is 56.0 Å². The number of carbonyl (C=O) groups excluding carboxylic acids is 2. The van der Waals surface area contributed by atoms with Crippen molar-refractivity contribution in [3.63, 3.8) is 0 Å². The fraction of sp³-hybridized carbons (Fsp3) is 0.417.